The summed E-state index contributed by atoms with van der Waals surface area (Å²) in [6.07, 6.45) is 1.12. The third kappa shape index (κ3) is 1.18. The van der Waals surface area contributed by atoms with Crippen molar-refractivity contribution in [1.29, 1.82) is 0 Å². The van der Waals surface area contributed by atoms with Crippen LogP contribution in [0.4, 0.5) is 0 Å². The molecule has 0 heterocycles. The van der Waals surface area contributed by atoms with E-state index in [9.17, 15) is 0 Å². The van der Waals surface area contributed by atoms with Gasteiger partial charge >= 0.3 is 0 Å². The maximum absolute atomic E-state index is 9.10. The highest BCUT2D eigenvalue weighted by Crippen LogP contribution is 2.65. The van der Waals surface area contributed by atoms with Gasteiger partial charge in [0.25, 0.3) is 0 Å². The summed E-state index contributed by atoms with van der Waals surface area (Å²) in [5, 5.41) is 9.97. The summed E-state index contributed by atoms with van der Waals surface area (Å²) in [7, 11) is 0. The monoisotopic (exact) mass is 260 g/mol. The molecule has 0 aromatic rings. The van der Waals surface area contributed by atoms with Crippen molar-refractivity contribution in [2.75, 3.05) is 6.61 Å². The number of fused-ring (bicyclic) bond motifs is 2. The van der Waals surface area contributed by atoms with E-state index in [2.05, 4.69) is 0 Å². The molecule has 2 rings (SSSR count). The van der Waals surface area contributed by atoms with Crippen LogP contribution in [0.3, 0.4) is 0 Å². The first-order chi connectivity index (χ1) is 5.94. The summed E-state index contributed by atoms with van der Waals surface area (Å²) >= 11 is 24.5. The van der Waals surface area contributed by atoms with Gasteiger partial charge < -0.3 is 5.11 Å². The average Bonchev–Trinajstić information content (AvgIpc) is 2.44. The third-order valence-electron chi connectivity index (χ3n) is 2.93. The van der Waals surface area contributed by atoms with Crippen LogP contribution in [-0.2, 0) is 0 Å². The number of halogens is 4. The van der Waals surface area contributed by atoms with E-state index in [4.69, 9.17) is 51.5 Å². The number of alkyl halides is 2. The molecule has 2 bridgehead atoms. The molecule has 13 heavy (non-hydrogen) atoms. The Morgan fingerprint density at radius 2 is 1.92 bits per heavy atom. The van der Waals surface area contributed by atoms with Crippen molar-refractivity contribution in [3.05, 3.63) is 10.1 Å². The Labute approximate surface area is 96.6 Å². The molecule has 0 aromatic heterocycles. The van der Waals surface area contributed by atoms with Gasteiger partial charge in [-0.05, 0) is 12.8 Å². The lowest BCUT2D eigenvalue weighted by Crippen LogP contribution is -2.30. The Morgan fingerprint density at radius 1 is 1.31 bits per heavy atom. The molecule has 0 saturated heterocycles. The number of hydrogen-bond acceptors (Lipinski definition) is 1. The molecule has 0 aromatic carbocycles. The summed E-state index contributed by atoms with van der Waals surface area (Å²) < 4.78 is 0. The summed E-state index contributed by atoms with van der Waals surface area (Å²) in [5.74, 6) is -0.0818. The van der Waals surface area contributed by atoms with Crippen LogP contribution in [0.15, 0.2) is 10.1 Å². The SMILES string of the molecule is OC[C@@H]1C[C@]2(Cl)C[C@@]1(Cl)C(Cl)=C2Cl. The summed E-state index contributed by atoms with van der Waals surface area (Å²) in [6.45, 7) is -0.00163. The van der Waals surface area contributed by atoms with Gasteiger partial charge in [-0.2, -0.15) is 0 Å². The molecule has 74 valence electrons. The van der Waals surface area contributed by atoms with Crippen LogP contribution in [0.1, 0.15) is 12.8 Å². The van der Waals surface area contributed by atoms with Crippen molar-refractivity contribution in [3.63, 3.8) is 0 Å². The fourth-order valence-electron chi connectivity index (χ4n) is 2.19. The standard InChI is InChI=1S/C8H8Cl4O/c9-5-6(10)8(12)3-7(5,11)1-4(8)2-13/h4,13H,1-3H2/t4-,7-,8-/m0/s1. The second kappa shape index (κ2) is 2.93. The molecule has 0 aliphatic heterocycles. The van der Waals surface area contributed by atoms with Crippen molar-refractivity contribution in [3.8, 4) is 0 Å². The molecule has 3 atom stereocenters. The second-order valence-corrected chi connectivity index (χ2v) is 5.87. The van der Waals surface area contributed by atoms with Crippen LogP contribution in [0, 0.1) is 5.92 Å². The molecule has 2 aliphatic carbocycles. The van der Waals surface area contributed by atoms with E-state index in [1.54, 1.807) is 0 Å². The van der Waals surface area contributed by atoms with Gasteiger partial charge in [0.1, 0.15) is 0 Å². The minimum atomic E-state index is -0.727. The molecule has 5 heteroatoms. The number of rotatable bonds is 1. The molecule has 0 spiro atoms. The maximum atomic E-state index is 9.10. The highest BCUT2D eigenvalue weighted by Gasteiger charge is 2.62. The van der Waals surface area contributed by atoms with Gasteiger partial charge in [0, 0.05) is 12.5 Å². The van der Waals surface area contributed by atoms with Gasteiger partial charge in [0.05, 0.1) is 19.8 Å². The van der Waals surface area contributed by atoms with Crippen molar-refractivity contribution >= 4 is 46.4 Å². The number of allylic oxidation sites excluding steroid dienone is 2. The summed E-state index contributed by atoms with van der Waals surface area (Å²) in [5.41, 5.74) is 0. The van der Waals surface area contributed by atoms with Crippen molar-refractivity contribution < 1.29 is 5.11 Å². The average molecular weight is 262 g/mol. The molecular weight excluding hydrogens is 254 g/mol. The van der Waals surface area contributed by atoms with Crippen LogP contribution in [0.25, 0.3) is 0 Å². The van der Waals surface area contributed by atoms with Gasteiger partial charge in [-0.15, -0.1) is 23.2 Å². The Kier molecular flexibility index (Phi) is 2.34. The second-order valence-electron chi connectivity index (χ2n) is 3.72. The number of hydrogen-bond donors (Lipinski definition) is 1. The first-order valence-electron chi connectivity index (χ1n) is 3.99. The van der Waals surface area contributed by atoms with Gasteiger partial charge in [-0.25, -0.2) is 0 Å². The summed E-state index contributed by atoms with van der Waals surface area (Å²) in [4.78, 5) is -1.36. The molecule has 0 unspecified atom stereocenters. The van der Waals surface area contributed by atoms with E-state index in [0.717, 1.165) is 0 Å². The maximum Gasteiger partial charge on any atom is 0.0884 e. The fraction of sp³-hybridized carbons (Fsp3) is 0.750. The zero-order valence-corrected chi connectivity index (χ0v) is 9.68. The molecule has 2 aliphatic rings. The van der Waals surface area contributed by atoms with Gasteiger partial charge in [-0.3, -0.25) is 0 Å². The predicted octanol–water partition coefficient (Wildman–Crippen LogP) is 3.05. The van der Waals surface area contributed by atoms with Crippen molar-refractivity contribution in [2.45, 2.75) is 22.6 Å². The first kappa shape index (κ1) is 10.4. The van der Waals surface area contributed by atoms with Crippen LogP contribution >= 0.6 is 46.4 Å². The van der Waals surface area contributed by atoms with E-state index in [1.807, 2.05) is 0 Å². The topological polar surface area (TPSA) is 20.2 Å². The lowest BCUT2D eigenvalue weighted by molar-refractivity contribution is 0.213. The van der Waals surface area contributed by atoms with Gasteiger partial charge in [0.2, 0.25) is 0 Å². The quantitative estimate of drug-likeness (QED) is 0.720. The number of aliphatic hydroxyl groups excluding tert-OH is 1. The summed E-state index contributed by atoms with van der Waals surface area (Å²) in [6, 6.07) is 0. The molecular formula is C8H8Cl4O. The predicted molar refractivity (Wildman–Crippen MR) is 55.7 cm³/mol. The number of aliphatic hydroxyl groups is 1. The third-order valence-corrected chi connectivity index (χ3v) is 5.40. The van der Waals surface area contributed by atoms with Crippen molar-refractivity contribution in [2.24, 2.45) is 5.92 Å². The van der Waals surface area contributed by atoms with Crippen LogP contribution in [0.5, 0.6) is 0 Å². The molecule has 1 fully saturated rings. The molecule has 1 saturated carbocycles. The molecule has 0 amide bonds. The highest BCUT2D eigenvalue weighted by atomic mass is 35.5. The smallest absolute Gasteiger partial charge is 0.0884 e. The van der Waals surface area contributed by atoms with Crippen LogP contribution in [-0.4, -0.2) is 21.5 Å². The zero-order chi connectivity index (χ0) is 9.85. The minimum absolute atomic E-state index is 0.00163. The van der Waals surface area contributed by atoms with Crippen LogP contribution < -0.4 is 0 Å². The lowest BCUT2D eigenvalue weighted by atomic mass is 9.93. The lowest BCUT2D eigenvalue weighted by Gasteiger charge is -2.28. The van der Waals surface area contributed by atoms with E-state index in [0.29, 0.717) is 22.9 Å². The van der Waals surface area contributed by atoms with Crippen molar-refractivity contribution in [1.82, 2.24) is 0 Å². The fourth-order valence-corrected chi connectivity index (χ4v) is 4.03. The van der Waals surface area contributed by atoms with E-state index in [-0.39, 0.29) is 12.5 Å². The van der Waals surface area contributed by atoms with E-state index < -0.39 is 9.75 Å². The molecule has 1 N–H and O–H groups in total. The van der Waals surface area contributed by atoms with Gasteiger partial charge in [0.15, 0.2) is 0 Å². The largest absolute Gasteiger partial charge is 0.396 e. The zero-order valence-electron chi connectivity index (χ0n) is 6.66. The Morgan fingerprint density at radius 3 is 2.31 bits per heavy atom. The van der Waals surface area contributed by atoms with E-state index in [1.165, 1.54) is 0 Å². The Balaban J connectivity index is 2.46. The van der Waals surface area contributed by atoms with Crippen LogP contribution in [0.2, 0.25) is 0 Å². The molecule has 0 radical (unpaired) electrons. The Bertz CT molecular complexity index is 290. The Hall–Kier alpha value is 0.860. The van der Waals surface area contributed by atoms with E-state index >= 15 is 0 Å². The first-order valence-corrected chi connectivity index (χ1v) is 5.50. The highest BCUT2D eigenvalue weighted by molar-refractivity contribution is 6.50. The van der Waals surface area contributed by atoms with Gasteiger partial charge in [-0.1, -0.05) is 23.2 Å². The minimum Gasteiger partial charge on any atom is -0.396 e. The normalized spacial score (nSPS) is 49.2. The molecule has 1 nitrogen and oxygen atoms in total.